The molecule has 3 aromatic rings. The van der Waals surface area contributed by atoms with Gasteiger partial charge in [0, 0.05) is 17.8 Å². The van der Waals surface area contributed by atoms with E-state index in [1.54, 1.807) is 19.1 Å². The normalized spacial score (nSPS) is 10.4. The van der Waals surface area contributed by atoms with Gasteiger partial charge >= 0.3 is 5.97 Å². The quantitative estimate of drug-likeness (QED) is 0.334. The summed E-state index contributed by atoms with van der Waals surface area (Å²) in [5, 5.41) is 17.7. The second-order valence-electron chi connectivity index (χ2n) is 6.43. The molecule has 3 rings (SSSR count). The molecule has 2 aromatic carbocycles. The molecule has 1 aromatic heterocycles. The van der Waals surface area contributed by atoms with Crippen molar-refractivity contribution in [2.45, 2.75) is 13.8 Å². The van der Waals surface area contributed by atoms with Gasteiger partial charge in [0.05, 0.1) is 23.4 Å². The molecule has 0 unspecified atom stereocenters. The number of para-hydroxylation sites is 1. The van der Waals surface area contributed by atoms with Crippen molar-refractivity contribution in [1.29, 1.82) is 0 Å². The Bertz CT molecular complexity index is 1110. The van der Waals surface area contributed by atoms with Crippen molar-refractivity contribution < 1.29 is 24.0 Å². The van der Waals surface area contributed by atoms with Crippen LogP contribution in [0.3, 0.4) is 0 Å². The van der Waals surface area contributed by atoms with Gasteiger partial charge in [-0.3, -0.25) is 14.9 Å². The molecule has 0 radical (unpaired) electrons. The van der Waals surface area contributed by atoms with E-state index in [-0.39, 0.29) is 30.3 Å². The Kier molecular flexibility index (Phi) is 6.61. The first-order valence-electron chi connectivity index (χ1n) is 9.39. The van der Waals surface area contributed by atoms with E-state index in [1.165, 1.54) is 35.1 Å². The number of nitrogens with one attached hydrogen (secondary N) is 1. The predicted octanol–water partition coefficient (Wildman–Crippen LogP) is 3.28. The molecule has 0 saturated heterocycles. The number of nitro benzene ring substituents is 1. The zero-order valence-electron chi connectivity index (χ0n) is 16.9. The standard InChI is InChI=1S/C21H20N4O6/c1-3-30-21(27)20-18(31-13-19(26)22-17-7-5-4-6-14(17)2)12-24(23-20)15-8-10-16(11-9-15)25(28)29/h4-12H,3,13H2,1-2H3,(H,22,26). The molecule has 0 atom stereocenters. The third-order valence-corrected chi connectivity index (χ3v) is 4.25. The molecule has 1 N–H and O–H groups in total. The van der Waals surface area contributed by atoms with Crippen LogP contribution in [0.25, 0.3) is 5.69 Å². The molecule has 31 heavy (non-hydrogen) atoms. The Labute approximate surface area is 177 Å². The molecule has 0 aliphatic carbocycles. The molecule has 0 aliphatic rings. The van der Waals surface area contributed by atoms with Gasteiger partial charge in [0.2, 0.25) is 5.69 Å². The van der Waals surface area contributed by atoms with Crippen molar-refractivity contribution >= 4 is 23.3 Å². The Morgan fingerprint density at radius 1 is 1.16 bits per heavy atom. The summed E-state index contributed by atoms with van der Waals surface area (Å²) in [5.41, 5.74) is 1.84. The maximum Gasteiger partial charge on any atom is 0.362 e. The van der Waals surface area contributed by atoms with E-state index in [4.69, 9.17) is 9.47 Å². The number of ether oxygens (including phenoxy) is 2. The molecule has 160 valence electrons. The van der Waals surface area contributed by atoms with Gasteiger partial charge in [-0.25, -0.2) is 9.48 Å². The fourth-order valence-corrected chi connectivity index (χ4v) is 2.71. The van der Waals surface area contributed by atoms with Gasteiger partial charge in [-0.1, -0.05) is 18.2 Å². The first-order chi connectivity index (χ1) is 14.9. The highest BCUT2D eigenvalue weighted by molar-refractivity contribution is 5.93. The van der Waals surface area contributed by atoms with Gasteiger partial charge in [-0.2, -0.15) is 5.10 Å². The molecule has 0 fully saturated rings. The lowest BCUT2D eigenvalue weighted by molar-refractivity contribution is -0.384. The van der Waals surface area contributed by atoms with Gasteiger partial charge in [0.25, 0.3) is 11.6 Å². The lowest BCUT2D eigenvalue weighted by atomic mass is 10.2. The average molecular weight is 424 g/mol. The minimum absolute atomic E-state index is 0.0525. The van der Waals surface area contributed by atoms with Gasteiger partial charge in [-0.15, -0.1) is 0 Å². The average Bonchev–Trinajstić information content (AvgIpc) is 3.18. The summed E-state index contributed by atoms with van der Waals surface area (Å²) in [7, 11) is 0. The number of aromatic nitrogens is 2. The van der Waals surface area contributed by atoms with Crippen molar-refractivity contribution in [3.63, 3.8) is 0 Å². The fourth-order valence-electron chi connectivity index (χ4n) is 2.71. The number of aryl methyl sites for hydroxylation is 1. The zero-order valence-corrected chi connectivity index (χ0v) is 16.9. The Morgan fingerprint density at radius 3 is 2.52 bits per heavy atom. The van der Waals surface area contributed by atoms with Gasteiger partial charge in [0.15, 0.2) is 12.4 Å². The minimum Gasteiger partial charge on any atom is -0.480 e. The summed E-state index contributed by atoms with van der Waals surface area (Å²) >= 11 is 0. The Hall–Kier alpha value is -4.21. The van der Waals surface area contributed by atoms with Crippen LogP contribution >= 0.6 is 0 Å². The first-order valence-corrected chi connectivity index (χ1v) is 9.39. The van der Waals surface area contributed by atoms with E-state index in [2.05, 4.69) is 10.4 Å². The smallest absolute Gasteiger partial charge is 0.362 e. The number of rotatable bonds is 8. The zero-order chi connectivity index (χ0) is 22.4. The number of anilines is 1. The van der Waals surface area contributed by atoms with E-state index in [0.29, 0.717) is 11.4 Å². The van der Waals surface area contributed by atoms with E-state index in [1.807, 2.05) is 19.1 Å². The van der Waals surface area contributed by atoms with Crippen LogP contribution in [-0.4, -0.2) is 39.8 Å². The molecular formula is C21H20N4O6. The van der Waals surface area contributed by atoms with Crippen LogP contribution in [0.2, 0.25) is 0 Å². The SMILES string of the molecule is CCOC(=O)c1nn(-c2ccc([N+](=O)[O-])cc2)cc1OCC(=O)Nc1ccccc1C. The summed E-state index contributed by atoms with van der Waals surface area (Å²) in [6.45, 7) is 3.30. The number of carbonyl (C=O) groups is 2. The number of nitro groups is 1. The summed E-state index contributed by atoms with van der Waals surface area (Å²) in [5.74, 6) is -1.07. The van der Waals surface area contributed by atoms with Crippen LogP contribution < -0.4 is 10.1 Å². The van der Waals surface area contributed by atoms with E-state index >= 15 is 0 Å². The highest BCUT2D eigenvalue weighted by atomic mass is 16.6. The minimum atomic E-state index is -0.711. The molecule has 1 amide bonds. The number of esters is 1. The number of benzene rings is 2. The van der Waals surface area contributed by atoms with Crippen LogP contribution in [0, 0.1) is 17.0 Å². The second-order valence-corrected chi connectivity index (χ2v) is 6.43. The lowest BCUT2D eigenvalue weighted by Gasteiger charge is -2.09. The molecule has 0 spiro atoms. The molecule has 10 heteroatoms. The van der Waals surface area contributed by atoms with Crippen molar-refractivity contribution in [1.82, 2.24) is 9.78 Å². The van der Waals surface area contributed by atoms with Crippen molar-refractivity contribution in [2.75, 3.05) is 18.5 Å². The Balaban J connectivity index is 1.79. The highest BCUT2D eigenvalue weighted by Crippen LogP contribution is 2.22. The topological polar surface area (TPSA) is 126 Å². The van der Waals surface area contributed by atoms with Crippen LogP contribution in [0.5, 0.6) is 5.75 Å². The number of hydrogen-bond acceptors (Lipinski definition) is 7. The van der Waals surface area contributed by atoms with Crippen LogP contribution in [0.1, 0.15) is 23.0 Å². The van der Waals surface area contributed by atoms with Crippen LogP contribution in [0.4, 0.5) is 11.4 Å². The maximum absolute atomic E-state index is 12.3. The number of non-ortho nitro benzene ring substituents is 1. The first kappa shape index (κ1) is 21.5. The number of amides is 1. The summed E-state index contributed by atoms with van der Waals surface area (Å²) < 4.78 is 11.9. The third kappa shape index (κ3) is 5.24. The molecule has 0 saturated carbocycles. The van der Waals surface area contributed by atoms with Crippen molar-refractivity contribution in [3.8, 4) is 11.4 Å². The third-order valence-electron chi connectivity index (χ3n) is 4.25. The molecule has 0 bridgehead atoms. The maximum atomic E-state index is 12.3. The predicted molar refractivity (Wildman–Crippen MR) is 111 cm³/mol. The lowest BCUT2D eigenvalue weighted by Crippen LogP contribution is -2.21. The Morgan fingerprint density at radius 2 is 1.87 bits per heavy atom. The van der Waals surface area contributed by atoms with Gasteiger partial charge in [-0.05, 0) is 37.6 Å². The van der Waals surface area contributed by atoms with Crippen LogP contribution in [-0.2, 0) is 9.53 Å². The van der Waals surface area contributed by atoms with Crippen molar-refractivity contribution in [3.05, 3.63) is 76.1 Å². The molecule has 1 heterocycles. The largest absolute Gasteiger partial charge is 0.480 e. The summed E-state index contributed by atoms with van der Waals surface area (Å²) in [6, 6.07) is 12.9. The van der Waals surface area contributed by atoms with E-state index < -0.39 is 16.8 Å². The van der Waals surface area contributed by atoms with Crippen LogP contribution in [0.15, 0.2) is 54.7 Å². The molecule has 10 nitrogen and oxygen atoms in total. The van der Waals surface area contributed by atoms with E-state index in [9.17, 15) is 19.7 Å². The second kappa shape index (κ2) is 9.53. The summed E-state index contributed by atoms with van der Waals surface area (Å²) in [4.78, 5) is 34.9. The monoisotopic (exact) mass is 424 g/mol. The van der Waals surface area contributed by atoms with Gasteiger partial charge < -0.3 is 14.8 Å². The fraction of sp³-hybridized carbons (Fsp3) is 0.190. The van der Waals surface area contributed by atoms with Gasteiger partial charge in [0.1, 0.15) is 0 Å². The summed E-state index contributed by atoms with van der Waals surface area (Å²) in [6.07, 6.45) is 1.41. The van der Waals surface area contributed by atoms with Crippen molar-refractivity contribution in [2.24, 2.45) is 0 Å². The van der Waals surface area contributed by atoms with E-state index in [0.717, 1.165) is 5.56 Å². The number of nitrogens with zero attached hydrogens (tertiary/aromatic N) is 3. The highest BCUT2D eigenvalue weighted by Gasteiger charge is 2.21. The number of hydrogen-bond donors (Lipinski definition) is 1. The molecule has 0 aliphatic heterocycles. The number of carbonyl (C=O) groups excluding carboxylic acids is 2. The molecular weight excluding hydrogens is 404 g/mol.